The lowest BCUT2D eigenvalue weighted by Crippen LogP contribution is -2.30. The highest BCUT2D eigenvalue weighted by Gasteiger charge is 2.19. The number of hydrogen-bond donors (Lipinski definition) is 0. The first-order valence-electron chi connectivity index (χ1n) is 36.0. The molecule has 0 heterocycles. The van der Waals surface area contributed by atoms with Gasteiger partial charge in [-0.25, -0.2) is 0 Å². The lowest BCUT2D eigenvalue weighted by molar-refractivity contribution is -0.167. The zero-order chi connectivity index (χ0) is 57.8. The van der Waals surface area contributed by atoms with E-state index >= 15 is 0 Å². The molecule has 470 valence electrons. The van der Waals surface area contributed by atoms with Gasteiger partial charge in [0.25, 0.3) is 0 Å². The first kappa shape index (κ1) is 77.6. The summed E-state index contributed by atoms with van der Waals surface area (Å²) in [5, 5.41) is 0. The SMILES string of the molecule is CCCCCCC/C=C\C/C=C\CCCCCCCCCCCC(=O)OC(COC(=O)CCCCCCC/C=C\CCCCCCCC)COC(=O)CCCCCCCCCCCCCCCCCCCCCCCCCCCC. The minimum Gasteiger partial charge on any atom is -0.462 e. The van der Waals surface area contributed by atoms with E-state index in [1.54, 1.807) is 0 Å². The predicted octanol–water partition coefficient (Wildman–Crippen LogP) is 24.7. The van der Waals surface area contributed by atoms with Gasteiger partial charge < -0.3 is 14.2 Å². The Hall–Kier alpha value is -2.37. The van der Waals surface area contributed by atoms with Gasteiger partial charge in [0.15, 0.2) is 6.10 Å². The summed E-state index contributed by atoms with van der Waals surface area (Å²) in [5.74, 6) is -0.856. The van der Waals surface area contributed by atoms with Gasteiger partial charge in [-0.2, -0.15) is 0 Å². The summed E-state index contributed by atoms with van der Waals surface area (Å²) in [6.07, 6.45) is 86.0. The van der Waals surface area contributed by atoms with Crippen LogP contribution >= 0.6 is 0 Å². The highest BCUT2D eigenvalue weighted by atomic mass is 16.6. The largest absolute Gasteiger partial charge is 0.462 e. The van der Waals surface area contributed by atoms with Gasteiger partial charge >= 0.3 is 17.9 Å². The Balaban J connectivity index is 4.26. The fraction of sp³-hybridized carbons (Fsp3) is 0.878. The topological polar surface area (TPSA) is 78.9 Å². The Kier molecular flexibility index (Phi) is 67.1. The van der Waals surface area contributed by atoms with E-state index in [1.165, 1.54) is 289 Å². The third-order valence-electron chi connectivity index (χ3n) is 16.4. The highest BCUT2D eigenvalue weighted by Crippen LogP contribution is 2.19. The number of carbonyl (C=O) groups excluding carboxylic acids is 3. The average molecular weight is 1120 g/mol. The molecule has 0 aromatic rings. The second kappa shape index (κ2) is 69.1. The summed E-state index contributed by atoms with van der Waals surface area (Å²) in [5.41, 5.74) is 0. The molecule has 0 saturated heterocycles. The monoisotopic (exact) mass is 1120 g/mol. The molecule has 0 bridgehead atoms. The molecule has 0 aromatic heterocycles. The van der Waals surface area contributed by atoms with Gasteiger partial charge in [-0.05, 0) is 77.0 Å². The van der Waals surface area contributed by atoms with Crippen molar-refractivity contribution in [3.8, 4) is 0 Å². The van der Waals surface area contributed by atoms with Crippen LogP contribution in [0.2, 0.25) is 0 Å². The maximum absolute atomic E-state index is 13.0. The Morgan fingerprint density at radius 3 is 0.700 bits per heavy atom. The fourth-order valence-corrected chi connectivity index (χ4v) is 10.9. The highest BCUT2D eigenvalue weighted by molar-refractivity contribution is 5.71. The van der Waals surface area contributed by atoms with Gasteiger partial charge in [0.1, 0.15) is 13.2 Å². The molecule has 0 saturated carbocycles. The lowest BCUT2D eigenvalue weighted by atomic mass is 10.0. The van der Waals surface area contributed by atoms with Crippen LogP contribution in [-0.4, -0.2) is 37.2 Å². The van der Waals surface area contributed by atoms with Crippen LogP contribution in [0.3, 0.4) is 0 Å². The van der Waals surface area contributed by atoms with Crippen LogP contribution in [0.5, 0.6) is 0 Å². The van der Waals surface area contributed by atoms with E-state index in [0.29, 0.717) is 19.3 Å². The summed E-state index contributed by atoms with van der Waals surface area (Å²) in [7, 11) is 0. The molecule has 0 aliphatic rings. The molecule has 0 spiro atoms. The molecular formula is C74H138O6. The van der Waals surface area contributed by atoms with E-state index in [-0.39, 0.29) is 31.1 Å². The minimum absolute atomic E-state index is 0.0718. The van der Waals surface area contributed by atoms with Crippen molar-refractivity contribution in [2.24, 2.45) is 0 Å². The van der Waals surface area contributed by atoms with E-state index < -0.39 is 6.10 Å². The number of allylic oxidation sites excluding steroid dienone is 6. The zero-order valence-corrected chi connectivity index (χ0v) is 54.1. The quantitative estimate of drug-likeness (QED) is 0.0261. The van der Waals surface area contributed by atoms with Gasteiger partial charge in [0.05, 0.1) is 0 Å². The van der Waals surface area contributed by atoms with Crippen molar-refractivity contribution in [2.45, 2.75) is 406 Å². The second-order valence-corrected chi connectivity index (χ2v) is 24.5. The molecule has 80 heavy (non-hydrogen) atoms. The van der Waals surface area contributed by atoms with Gasteiger partial charge in [0.2, 0.25) is 0 Å². The normalized spacial score (nSPS) is 12.2. The molecule has 0 fully saturated rings. The van der Waals surface area contributed by atoms with Crippen molar-refractivity contribution in [3.05, 3.63) is 36.5 Å². The van der Waals surface area contributed by atoms with E-state index in [0.717, 1.165) is 70.6 Å². The predicted molar refractivity (Wildman–Crippen MR) is 349 cm³/mol. The van der Waals surface area contributed by atoms with Gasteiger partial charge in [-0.15, -0.1) is 0 Å². The van der Waals surface area contributed by atoms with Crippen LogP contribution in [0, 0.1) is 0 Å². The third kappa shape index (κ3) is 66.4. The molecule has 6 heteroatoms. The molecule has 0 radical (unpaired) electrons. The Labute approximate surface area is 499 Å². The summed E-state index contributed by atoms with van der Waals surface area (Å²) in [6, 6.07) is 0. The van der Waals surface area contributed by atoms with Crippen LogP contribution in [0.15, 0.2) is 36.5 Å². The number of unbranched alkanes of at least 4 members (excludes halogenated alkanes) is 50. The zero-order valence-electron chi connectivity index (χ0n) is 54.1. The van der Waals surface area contributed by atoms with Crippen molar-refractivity contribution < 1.29 is 28.6 Å². The van der Waals surface area contributed by atoms with Crippen molar-refractivity contribution in [3.63, 3.8) is 0 Å². The Morgan fingerprint density at radius 2 is 0.450 bits per heavy atom. The second-order valence-electron chi connectivity index (χ2n) is 24.5. The van der Waals surface area contributed by atoms with Crippen molar-refractivity contribution in [1.82, 2.24) is 0 Å². The number of hydrogen-bond acceptors (Lipinski definition) is 6. The molecule has 0 rings (SSSR count). The van der Waals surface area contributed by atoms with E-state index in [1.807, 2.05) is 0 Å². The third-order valence-corrected chi connectivity index (χ3v) is 16.4. The smallest absolute Gasteiger partial charge is 0.306 e. The lowest BCUT2D eigenvalue weighted by Gasteiger charge is -2.18. The Morgan fingerprint density at radius 1 is 0.250 bits per heavy atom. The summed E-state index contributed by atoms with van der Waals surface area (Å²) >= 11 is 0. The molecule has 0 aliphatic heterocycles. The van der Waals surface area contributed by atoms with Crippen LogP contribution in [-0.2, 0) is 28.6 Å². The molecule has 0 aromatic carbocycles. The van der Waals surface area contributed by atoms with Crippen molar-refractivity contribution in [2.75, 3.05) is 13.2 Å². The number of esters is 3. The first-order chi connectivity index (χ1) is 39.5. The molecule has 6 nitrogen and oxygen atoms in total. The van der Waals surface area contributed by atoms with Crippen LogP contribution in [0.25, 0.3) is 0 Å². The van der Waals surface area contributed by atoms with E-state index in [4.69, 9.17) is 14.2 Å². The van der Waals surface area contributed by atoms with Crippen molar-refractivity contribution >= 4 is 17.9 Å². The average Bonchev–Trinajstić information content (AvgIpc) is 3.46. The molecule has 0 aliphatic carbocycles. The van der Waals surface area contributed by atoms with Crippen molar-refractivity contribution in [1.29, 1.82) is 0 Å². The maximum Gasteiger partial charge on any atom is 0.306 e. The van der Waals surface area contributed by atoms with E-state index in [2.05, 4.69) is 57.2 Å². The van der Waals surface area contributed by atoms with Gasteiger partial charge in [-0.3, -0.25) is 14.4 Å². The minimum atomic E-state index is -0.777. The van der Waals surface area contributed by atoms with Gasteiger partial charge in [0, 0.05) is 19.3 Å². The molecule has 1 atom stereocenters. The molecule has 0 amide bonds. The number of ether oxygens (including phenoxy) is 3. The summed E-state index contributed by atoms with van der Waals surface area (Å²) in [4.78, 5) is 38.5. The molecule has 1 unspecified atom stereocenters. The standard InChI is InChI=1S/C74H138O6/c1-4-7-10-13-16-19-22-25-28-30-32-34-35-36-37-38-40-41-43-46-49-52-55-58-61-64-67-73(76)79-70-71(69-78-72(75)66-63-60-57-54-51-48-45-27-24-21-18-15-12-9-6-3)80-74(77)68-65-62-59-56-53-50-47-44-42-39-33-31-29-26-23-20-17-14-11-8-5-2/h23,26-27,31,33,45,71H,4-22,24-25,28-30,32,34-44,46-70H2,1-3H3/b26-23-,33-31-,45-27-. The molecule has 0 N–H and O–H groups in total. The van der Waals surface area contributed by atoms with E-state index in [9.17, 15) is 14.4 Å². The van der Waals surface area contributed by atoms with Crippen LogP contribution in [0.1, 0.15) is 400 Å². The summed E-state index contributed by atoms with van der Waals surface area (Å²) in [6.45, 7) is 6.69. The fourth-order valence-electron chi connectivity index (χ4n) is 10.9. The summed E-state index contributed by atoms with van der Waals surface area (Å²) < 4.78 is 17.0. The van der Waals surface area contributed by atoms with Gasteiger partial charge in [-0.1, -0.05) is 340 Å². The first-order valence-corrected chi connectivity index (χ1v) is 36.0. The van der Waals surface area contributed by atoms with Crippen LogP contribution in [0.4, 0.5) is 0 Å². The molecular weight excluding hydrogens is 985 g/mol. The Bertz CT molecular complexity index is 1340. The maximum atomic E-state index is 13.0. The number of carbonyl (C=O) groups is 3. The van der Waals surface area contributed by atoms with Crippen LogP contribution < -0.4 is 0 Å². The number of rotatable bonds is 67.